The van der Waals surface area contributed by atoms with Crippen molar-refractivity contribution in [3.8, 4) is 0 Å². The predicted molar refractivity (Wildman–Crippen MR) is 67.0 cm³/mol. The minimum atomic E-state index is -3.65. The van der Waals surface area contributed by atoms with Gasteiger partial charge in [-0.1, -0.05) is 11.6 Å². The number of nitrogens with zero attached hydrogens (tertiary/aromatic N) is 2. The van der Waals surface area contributed by atoms with Crippen molar-refractivity contribution < 1.29 is 13.2 Å². The van der Waals surface area contributed by atoms with E-state index in [4.69, 9.17) is 16.3 Å². The number of halogens is 1. The van der Waals surface area contributed by atoms with E-state index in [0.29, 0.717) is 6.42 Å². The van der Waals surface area contributed by atoms with Gasteiger partial charge >= 0.3 is 0 Å². The van der Waals surface area contributed by atoms with Crippen LogP contribution in [0.15, 0.2) is 11.4 Å². The minimum absolute atomic E-state index is 0.113. The van der Waals surface area contributed by atoms with Gasteiger partial charge < -0.3 is 9.30 Å². The molecule has 1 saturated carbocycles. The third kappa shape index (κ3) is 2.69. The fourth-order valence-corrected chi connectivity index (χ4v) is 3.82. The summed E-state index contributed by atoms with van der Waals surface area (Å²) in [6.07, 6.45) is 3.81. The molecule has 2 atom stereocenters. The molecule has 2 rings (SSSR count). The van der Waals surface area contributed by atoms with E-state index >= 15 is 0 Å². The average molecular weight is 294 g/mol. The first-order valence-corrected chi connectivity index (χ1v) is 7.52. The molecule has 0 saturated heterocycles. The third-order valence-corrected chi connectivity index (χ3v) is 5.14. The Morgan fingerprint density at radius 3 is 2.78 bits per heavy atom. The zero-order valence-electron chi connectivity index (χ0n) is 10.3. The summed E-state index contributed by atoms with van der Waals surface area (Å²) in [5.41, 5.74) is 0. The van der Waals surface area contributed by atoms with Crippen LogP contribution in [0.25, 0.3) is 0 Å². The van der Waals surface area contributed by atoms with Crippen molar-refractivity contribution in [2.45, 2.75) is 36.4 Å². The van der Waals surface area contributed by atoms with Gasteiger partial charge in [0.05, 0.1) is 12.4 Å². The van der Waals surface area contributed by atoms with E-state index in [0.717, 1.165) is 12.8 Å². The Labute approximate surface area is 111 Å². The lowest BCUT2D eigenvalue weighted by molar-refractivity contribution is 0.107. The Kier molecular flexibility index (Phi) is 3.96. The highest BCUT2D eigenvalue weighted by molar-refractivity contribution is 7.89. The summed E-state index contributed by atoms with van der Waals surface area (Å²) in [5, 5.41) is -0.00341. The lowest BCUT2D eigenvalue weighted by Crippen LogP contribution is -2.33. The molecule has 18 heavy (non-hydrogen) atoms. The maximum Gasteiger partial charge on any atom is 0.261 e. The van der Waals surface area contributed by atoms with Gasteiger partial charge in [-0.2, -0.15) is 0 Å². The molecule has 1 fully saturated rings. The maximum absolute atomic E-state index is 12.1. The van der Waals surface area contributed by atoms with Gasteiger partial charge in [-0.05, 0) is 19.3 Å². The predicted octanol–water partition coefficient (Wildman–Crippen LogP) is 0.919. The molecular weight excluding hydrogens is 278 g/mol. The molecule has 0 spiro atoms. The van der Waals surface area contributed by atoms with Crippen LogP contribution in [0.1, 0.15) is 19.3 Å². The van der Waals surface area contributed by atoms with Crippen LogP contribution >= 0.6 is 11.6 Å². The molecule has 0 aliphatic heterocycles. The maximum atomic E-state index is 12.1. The van der Waals surface area contributed by atoms with Gasteiger partial charge in [-0.3, -0.25) is 0 Å². The minimum Gasteiger partial charge on any atom is -0.381 e. The lowest BCUT2D eigenvalue weighted by atomic mass is 10.3. The van der Waals surface area contributed by atoms with E-state index in [-0.39, 0.29) is 22.3 Å². The van der Waals surface area contributed by atoms with E-state index in [9.17, 15) is 8.42 Å². The number of ether oxygens (including phenoxy) is 1. The van der Waals surface area contributed by atoms with Gasteiger partial charge in [0.25, 0.3) is 10.0 Å². The molecule has 1 aliphatic rings. The fourth-order valence-electron chi connectivity index (χ4n) is 2.11. The largest absolute Gasteiger partial charge is 0.381 e. The molecule has 0 amide bonds. The summed E-state index contributed by atoms with van der Waals surface area (Å²) in [7, 11) is -0.375. The SMILES string of the molecule is COC1CCC(NS(=O)(=O)c2ncn(C)c2Cl)C1. The summed E-state index contributed by atoms with van der Waals surface area (Å²) in [6, 6.07) is -0.113. The van der Waals surface area contributed by atoms with Crippen molar-refractivity contribution in [2.24, 2.45) is 7.05 Å². The average Bonchev–Trinajstić information content (AvgIpc) is 2.87. The van der Waals surface area contributed by atoms with Crippen molar-refractivity contribution in [2.75, 3.05) is 7.11 Å². The molecule has 0 aromatic carbocycles. The number of aromatic nitrogens is 2. The molecule has 0 radical (unpaired) electrons. The fraction of sp³-hybridized carbons (Fsp3) is 0.700. The Hall–Kier alpha value is -0.630. The van der Waals surface area contributed by atoms with E-state index in [1.54, 1.807) is 14.2 Å². The summed E-state index contributed by atoms with van der Waals surface area (Å²) in [4.78, 5) is 3.82. The number of nitrogens with one attached hydrogen (secondary N) is 1. The van der Waals surface area contributed by atoms with Crippen molar-refractivity contribution >= 4 is 21.6 Å². The molecule has 1 aromatic heterocycles. The van der Waals surface area contributed by atoms with Crippen LogP contribution < -0.4 is 4.72 Å². The highest BCUT2D eigenvalue weighted by Gasteiger charge is 2.31. The summed E-state index contributed by atoms with van der Waals surface area (Å²) < 4.78 is 33.5. The number of rotatable bonds is 4. The molecule has 6 nitrogen and oxygen atoms in total. The molecular formula is C10H16ClN3O3S. The van der Waals surface area contributed by atoms with Crippen molar-refractivity contribution in [3.63, 3.8) is 0 Å². The summed E-state index contributed by atoms with van der Waals surface area (Å²) >= 11 is 5.89. The van der Waals surface area contributed by atoms with E-state index in [2.05, 4.69) is 9.71 Å². The first-order chi connectivity index (χ1) is 8.44. The second-order valence-corrected chi connectivity index (χ2v) is 6.43. The number of methoxy groups -OCH3 is 1. The van der Waals surface area contributed by atoms with Crippen molar-refractivity contribution in [1.82, 2.24) is 14.3 Å². The number of hydrogen-bond donors (Lipinski definition) is 1. The van der Waals surface area contributed by atoms with Crippen LogP contribution in [0.3, 0.4) is 0 Å². The molecule has 1 heterocycles. The molecule has 1 aromatic rings. The zero-order valence-corrected chi connectivity index (χ0v) is 11.8. The Morgan fingerprint density at radius 1 is 1.56 bits per heavy atom. The Bertz CT molecular complexity index is 528. The van der Waals surface area contributed by atoms with Crippen molar-refractivity contribution in [3.05, 3.63) is 11.5 Å². The summed E-state index contributed by atoms with van der Waals surface area (Å²) in [6.45, 7) is 0. The topological polar surface area (TPSA) is 73.2 Å². The monoisotopic (exact) mass is 293 g/mol. The van der Waals surface area contributed by atoms with Crippen molar-refractivity contribution in [1.29, 1.82) is 0 Å². The standard InChI is InChI=1S/C10H16ClN3O3S/c1-14-6-12-10(9(14)11)18(15,16)13-7-3-4-8(5-7)17-2/h6-8,13H,3-5H2,1-2H3. The Morgan fingerprint density at radius 2 is 2.28 bits per heavy atom. The molecule has 0 bridgehead atoms. The van der Waals surface area contributed by atoms with E-state index in [1.165, 1.54) is 10.9 Å². The van der Waals surface area contributed by atoms with Crippen LogP contribution in [-0.4, -0.2) is 37.2 Å². The van der Waals surface area contributed by atoms with Gasteiger partial charge in [0.2, 0.25) is 5.03 Å². The van der Waals surface area contributed by atoms with Gasteiger partial charge in [-0.25, -0.2) is 18.1 Å². The van der Waals surface area contributed by atoms with Gasteiger partial charge in [0, 0.05) is 20.2 Å². The molecule has 8 heteroatoms. The normalized spacial score (nSPS) is 24.6. The van der Waals surface area contributed by atoms with E-state index < -0.39 is 10.0 Å². The number of aryl methyl sites for hydroxylation is 1. The van der Waals surface area contributed by atoms with Crippen LogP contribution in [0.5, 0.6) is 0 Å². The van der Waals surface area contributed by atoms with E-state index in [1.807, 2.05) is 0 Å². The summed E-state index contributed by atoms with van der Waals surface area (Å²) in [5.74, 6) is 0. The van der Waals surface area contributed by atoms with Gasteiger partial charge in [0.15, 0.2) is 0 Å². The van der Waals surface area contributed by atoms with Crippen LogP contribution in [-0.2, 0) is 21.8 Å². The highest BCUT2D eigenvalue weighted by atomic mass is 35.5. The zero-order chi connectivity index (χ0) is 13.3. The second-order valence-electron chi connectivity index (χ2n) is 4.44. The van der Waals surface area contributed by atoms with Crippen LogP contribution in [0, 0.1) is 0 Å². The number of sulfonamides is 1. The first-order valence-electron chi connectivity index (χ1n) is 5.66. The quantitative estimate of drug-likeness (QED) is 0.896. The van der Waals surface area contributed by atoms with Gasteiger partial charge in [-0.15, -0.1) is 0 Å². The molecule has 1 N–H and O–H groups in total. The number of imidazole rings is 1. The van der Waals surface area contributed by atoms with Crippen LogP contribution in [0.4, 0.5) is 0 Å². The highest BCUT2D eigenvalue weighted by Crippen LogP contribution is 2.24. The molecule has 2 unspecified atom stereocenters. The van der Waals surface area contributed by atoms with Gasteiger partial charge in [0.1, 0.15) is 5.15 Å². The molecule has 1 aliphatic carbocycles. The lowest BCUT2D eigenvalue weighted by Gasteiger charge is -2.12. The second kappa shape index (κ2) is 5.16. The number of hydrogen-bond acceptors (Lipinski definition) is 4. The van der Waals surface area contributed by atoms with Crippen LogP contribution in [0.2, 0.25) is 5.15 Å². The Balaban J connectivity index is 2.11. The first kappa shape index (κ1) is 13.8. The molecule has 102 valence electrons. The third-order valence-electron chi connectivity index (χ3n) is 3.13. The smallest absolute Gasteiger partial charge is 0.261 e.